The molecule has 2 aromatic heterocycles. The van der Waals surface area contributed by atoms with Gasteiger partial charge in [-0.25, -0.2) is 9.97 Å². The standard InChI is InChI=1S/C16H20N4O2.2C2H6/c1-4-12-15-13(8-10(2)17-12)18-11(3)19-16(15)20-6-5-7-22-14(21)9-20;2*1-2/h8H,4-7,9H2,1-3H3;2*1-2H3. The monoisotopic (exact) mass is 360 g/mol. The van der Waals surface area contributed by atoms with Crippen LogP contribution in [0.15, 0.2) is 6.07 Å². The third-order valence-electron chi connectivity index (χ3n) is 3.77. The Hall–Kier alpha value is -2.24. The van der Waals surface area contributed by atoms with E-state index in [1.807, 2.05) is 52.5 Å². The van der Waals surface area contributed by atoms with Crippen LogP contribution >= 0.6 is 0 Å². The molecule has 2 aromatic rings. The number of hydrogen-bond donors (Lipinski definition) is 0. The largest absolute Gasteiger partial charge is 0.464 e. The van der Waals surface area contributed by atoms with E-state index >= 15 is 0 Å². The molecule has 0 N–H and O–H groups in total. The van der Waals surface area contributed by atoms with Gasteiger partial charge >= 0.3 is 5.97 Å². The highest BCUT2D eigenvalue weighted by molar-refractivity contribution is 5.93. The van der Waals surface area contributed by atoms with Crippen molar-refractivity contribution in [2.24, 2.45) is 0 Å². The topological polar surface area (TPSA) is 68.2 Å². The summed E-state index contributed by atoms with van der Waals surface area (Å²) in [5, 5.41) is 0.952. The van der Waals surface area contributed by atoms with E-state index in [2.05, 4.69) is 21.9 Å². The zero-order valence-corrected chi connectivity index (χ0v) is 17.2. The zero-order valence-electron chi connectivity index (χ0n) is 17.2. The predicted molar refractivity (Wildman–Crippen MR) is 107 cm³/mol. The number of carbonyl (C=O) groups excluding carboxylic acids is 1. The molecule has 26 heavy (non-hydrogen) atoms. The van der Waals surface area contributed by atoms with Crippen molar-refractivity contribution in [3.05, 3.63) is 23.3 Å². The van der Waals surface area contributed by atoms with Crippen molar-refractivity contribution in [3.8, 4) is 0 Å². The highest BCUT2D eigenvalue weighted by atomic mass is 16.5. The molecule has 6 nitrogen and oxygen atoms in total. The molecule has 0 aromatic carbocycles. The van der Waals surface area contributed by atoms with Crippen LogP contribution in [0.4, 0.5) is 5.82 Å². The summed E-state index contributed by atoms with van der Waals surface area (Å²) in [5.74, 6) is 1.29. The van der Waals surface area contributed by atoms with Gasteiger partial charge in [0.2, 0.25) is 0 Å². The third-order valence-corrected chi connectivity index (χ3v) is 3.77. The van der Waals surface area contributed by atoms with Crippen LogP contribution in [0, 0.1) is 13.8 Å². The van der Waals surface area contributed by atoms with Gasteiger partial charge in [0.1, 0.15) is 18.2 Å². The van der Waals surface area contributed by atoms with Crippen molar-refractivity contribution in [1.29, 1.82) is 0 Å². The first kappa shape index (κ1) is 21.8. The summed E-state index contributed by atoms with van der Waals surface area (Å²) in [7, 11) is 0. The SMILES string of the molecule is CC.CC.CCc1nc(C)cc2nc(C)nc(N3CCCOC(=O)C3)c12. The molecule has 1 saturated heterocycles. The molecule has 0 saturated carbocycles. The van der Waals surface area contributed by atoms with Crippen LogP contribution in [0.25, 0.3) is 10.9 Å². The Bertz CT molecular complexity index is 726. The number of hydrogen-bond acceptors (Lipinski definition) is 6. The van der Waals surface area contributed by atoms with Gasteiger partial charge in [-0.3, -0.25) is 9.78 Å². The number of aryl methyl sites for hydroxylation is 3. The summed E-state index contributed by atoms with van der Waals surface area (Å²) in [5.41, 5.74) is 2.82. The van der Waals surface area contributed by atoms with E-state index in [1.54, 1.807) is 0 Å². The number of aromatic nitrogens is 3. The van der Waals surface area contributed by atoms with E-state index in [1.165, 1.54) is 0 Å². The van der Waals surface area contributed by atoms with E-state index in [0.29, 0.717) is 12.4 Å². The maximum Gasteiger partial charge on any atom is 0.325 e. The molecule has 6 heteroatoms. The number of carbonyl (C=O) groups is 1. The Morgan fingerprint density at radius 2 is 1.81 bits per heavy atom. The minimum Gasteiger partial charge on any atom is -0.464 e. The number of cyclic esters (lactones) is 1. The van der Waals surface area contributed by atoms with Crippen molar-refractivity contribution < 1.29 is 9.53 Å². The number of esters is 1. The molecule has 0 spiro atoms. The first-order valence-corrected chi connectivity index (χ1v) is 9.64. The van der Waals surface area contributed by atoms with Gasteiger partial charge in [0.15, 0.2) is 0 Å². The van der Waals surface area contributed by atoms with Gasteiger partial charge in [0.25, 0.3) is 0 Å². The average molecular weight is 361 g/mol. The zero-order chi connectivity index (χ0) is 19.7. The summed E-state index contributed by atoms with van der Waals surface area (Å²) in [6.07, 6.45) is 1.60. The maximum atomic E-state index is 11.8. The normalized spacial score (nSPS) is 13.8. The molecule has 3 heterocycles. The van der Waals surface area contributed by atoms with Gasteiger partial charge in [-0.05, 0) is 32.8 Å². The van der Waals surface area contributed by atoms with Gasteiger partial charge in [0, 0.05) is 12.2 Å². The third kappa shape index (κ3) is 5.13. The Morgan fingerprint density at radius 1 is 1.12 bits per heavy atom. The van der Waals surface area contributed by atoms with Crippen LogP contribution in [0.5, 0.6) is 0 Å². The highest BCUT2D eigenvalue weighted by Crippen LogP contribution is 2.28. The van der Waals surface area contributed by atoms with Crippen LogP contribution < -0.4 is 4.90 Å². The lowest BCUT2D eigenvalue weighted by atomic mass is 10.1. The number of anilines is 1. The molecule has 1 aliphatic heterocycles. The summed E-state index contributed by atoms with van der Waals surface area (Å²) in [6.45, 7) is 15.4. The van der Waals surface area contributed by atoms with Gasteiger partial charge in [-0.2, -0.15) is 0 Å². The van der Waals surface area contributed by atoms with Gasteiger partial charge < -0.3 is 9.64 Å². The van der Waals surface area contributed by atoms with E-state index in [0.717, 1.165) is 47.5 Å². The van der Waals surface area contributed by atoms with Crippen molar-refractivity contribution in [3.63, 3.8) is 0 Å². The minimum atomic E-state index is -0.208. The quantitative estimate of drug-likeness (QED) is 0.754. The van der Waals surface area contributed by atoms with Crippen molar-refractivity contribution >= 4 is 22.7 Å². The van der Waals surface area contributed by atoms with E-state index < -0.39 is 0 Å². The molecule has 0 atom stereocenters. The summed E-state index contributed by atoms with van der Waals surface area (Å²) >= 11 is 0. The molecular formula is C20H32N4O2. The fraction of sp³-hybridized carbons (Fsp3) is 0.600. The first-order chi connectivity index (χ1) is 12.6. The molecule has 3 rings (SSSR count). The van der Waals surface area contributed by atoms with Crippen LogP contribution in [0.3, 0.4) is 0 Å². The number of ether oxygens (including phenoxy) is 1. The van der Waals surface area contributed by atoms with E-state index in [-0.39, 0.29) is 12.5 Å². The second-order valence-electron chi connectivity index (χ2n) is 5.55. The lowest BCUT2D eigenvalue weighted by Crippen LogP contribution is -2.30. The summed E-state index contributed by atoms with van der Waals surface area (Å²) < 4.78 is 5.13. The summed E-state index contributed by atoms with van der Waals surface area (Å²) in [6, 6.07) is 1.98. The number of fused-ring (bicyclic) bond motifs is 1. The fourth-order valence-corrected chi connectivity index (χ4v) is 2.85. The smallest absolute Gasteiger partial charge is 0.325 e. The molecular weight excluding hydrogens is 328 g/mol. The molecule has 1 aliphatic rings. The minimum absolute atomic E-state index is 0.208. The fourth-order valence-electron chi connectivity index (χ4n) is 2.85. The Kier molecular flexibility index (Phi) is 8.96. The lowest BCUT2D eigenvalue weighted by Gasteiger charge is -2.22. The van der Waals surface area contributed by atoms with Crippen molar-refractivity contribution in [2.45, 2.75) is 61.3 Å². The Labute approximate surface area is 157 Å². The van der Waals surface area contributed by atoms with Gasteiger partial charge in [-0.1, -0.05) is 34.6 Å². The molecule has 0 aliphatic carbocycles. The second-order valence-corrected chi connectivity index (χ2v) is 5.55. The van der Waals surface area contributed by atoms with Gasteiger partial charge in [-0.15, -0.1) is 0 Å². The number of rotatable bonds is 2. The molecule has 144 valence electrons. The van der Waals surface area contributed by atoms with Crippen LogP contribution in [-0.4, -0.2) is 40.6 Å². The molecule has 0 bridgehead atoms. The Morgan fingerprint density at radius 3 is 2.46 bits per heavy atom. The first-order valence-electron chi connectivity index (χ1n) is 9.64. The van der Waals surface area contributed by atoms with E-state index in [4.69, 9.17) is 4.74 Å². The molecule has 0 unspecified atom stereocenters. The second kappa shape index (κ2) is 10.7. The number of pyridine rings is 1. The average Bonchev–Trinajstić information content (AvgIpc) is 2.87. The maximum absolute atomic E-state index is 11.8. The van der Waals surface area contributed by atoms with Gasteiger partial charge in [0.05, 0.1) is 23.2 Å². The predicted octanol–water partition coefficient (Wildman–Crippen LogP) is 4.01. The molecule has 0 amide bonds. The molecule has 0 radical (unpaired) electrons. The number of nitrogens with zero attached hydrogens (tertiary/aromatic N) is 4. The van der Waals surface area contributed by atoms with E-state index in [9.17, 15) is 4.79 Å². The van der Waals surface area contributed by atoms with Crippen molar-refractivity contribution in [2.75, 3.05) is 24.6 Å². The van der Waals surface area contributed by atoms with Crippen molar-refractivity contribution in [1.82, 2.24) is 15.0 Å². The highest BCUT2D eigenvalue weighted by Gasteiger charge is 2.22. The Balaban J connectivity index is 0.000000791. The van der Waals surface area contributed by atoms with Crippen LogP contribution in [0.2, 0.25) is 0 Å². The van der Waals surface area contributed by atoms with Crippen LogP contribution in [0.1, 0.15) is 58.3 Å². The summed E-state index contributed by atoms with van der Waals surface area (Å²) in [4.78, 5) is 27.5. The lowest BCUT2D eigenvalue weighted by molar-refractivity contribution is -0.141. The van der Waals surface area contributed by atoms with Crippen LogP contribution in [-0.2, 0) is 16.0 Å². The molecule has 1 fully saturated rings.